The van der Waals surface area contributed by atoms with Crippen LogP contribution in [-0.2, 0) is 28.2 Å². The van der Waals surface area contributed by atoms with Crippen molar-refractivity contribution in [1.82, 2.24) is 5.32 Å². The number of methoxy groups -OCH3 is 1. The Hall–Kier alpha value is -0.840. The summed E-state index contributed by atoms with van der Waals surface area (Å²) in [7, 11) is -9.94. The fourth-order valence-corrected chi connectivity index (χ4v) is 3.52. The van der Waals surface area contributed by atoms with Gasteiger partial charge in [-0.3, -0.25) is 13.9 Å². The third kappa shape index (κ3) is 6.28. The van der Waals surface area contributed by atoms with E-state index in [9.17, 15) is 23.8 Å². The first-order valence-corrected chi connectivity index (χ1v) is 9.28. The quantitative estimate of drug-likeness (QED) is 0.192. The van der Waals surface area contributed by atoms with Gasteiger partial charge in [0.05, 0.1) is 0 Å². The summed E-state index contributed by atoms with van der Waals surface area (Å²) >= 11 is 0. The highest BCUT2D eigenvalue weighted by Crippen LogP contribution is 2.68. The van der Waals surface area contributed by atoms with Crippen LogP contribution in [-0.4, -0.2) is 68.0 Å². The SMILES string of the molecule is COCC(=O)OC(C)C(=O)NCCC(O)(P(=O)(O)O)P(=O)(O)O. The summed E-state index contributed by atoms with van der Waals surface area (Å²) in [4.78, 5) is 58.2. The van der Waals surface area contributed by atoms with Gasteiger partial charge in [0.25, 0.3) is 11.0 Å². The standard InChI is InChI=1S/C9H19NO11P2/c1-6(21-7(11)5-20-2)8(12)10-4-3-9(13,22(14,15)16)23(17,18)19/h6,13H,3-5H2,1-2H3,(H,10,12)(H2,14,15,16)(H2,17,18,19). The summed E-state index contributed by atoms with van der Waals surface area (Å²) in [6.45, 7) is 0.118. The maximum absolute atomic E-state index is 11.6. The molecule has 0 spiro atoms. The second-order valence-corrected chi connectivity index (χ2v) is 8.48. The molecule has 136 valence electrons. The van der Waals surface area contributed by atoms with Gasteiger partial charge in [0.1, 0.15) is 6.61 Å². The fourth-order valence-electron chi connectivity index (χ4n) is 1.36. The van der Waals surface area contributed by atoms with Crippen molar-refractivity contribution in [3.8, 4) is 0 Å². The number of esters is 1. The van der Waals surface area contributed by atoms with Crippen molar-refractivity contribution in [3.63, 3.8) is 0 Å². The highest BCUT2D eigenvalue weighted by Gasteiger charge is 2.58. The lowest BCUT2D eigenvalue weighted by Gasteiger charge is -2.29. The van der Waals surface area contributed by atoms with Gasteiger partial charge in [0.15, 0.2) is 6.10 Å². The van der Waals surface area contributed by atoms with Crippen molar-refractivity contribution >= 4 is 27.1 Å². The molecule has 0 aromatic carbocycles. The summed E-state index contributed by atoms with van der Waals surface area (Å²) in [5.41, 5.74) is 0. The van der Waals surface area contributed by atoms with E-state index in [2.05, 4.69) is 9.47 Å². The third-order valence-electron chi connectivity index (χ3n) is 2.63. The van der Waals surface area contributed by atoms with Crippen LogP contribution in [0.5, 0.6) is 0 Å². The van der Waals surface area contributed by atoms with Gasteiger partial charge in [-0.05, 0) is 6.92 Å². The van der Waals surface area contributed by atoms with E-state index in [0.717, 1.165) is 0 Å². The van der Waals surface area contributed by atoms with Gasteiger partial charge in [0.2, 0.25) is 0 Å². The van der Waals surface area contributed by atoms with Gasteiger partial charge in [-0.1, -0.05) is 0 Å². The molecule has 0 aromatic rings. The molecule has 12 nitrogen and oxygen atoms in total. The van der Waals surface area contributed by atoms with Crippen LogP contribution in [0.15, 0.2) is 0 Å². The van der Waals surface area contributed by atoms with E-state index >= 15 is 0 Å². The number of amides is 1. The summed E-state index contributed by atoms with van der Waals surface area (Å²) in [5, 5.41) is 7.98. The van der Waals surface area contributed by atoms with Crippen molar-refractivity contribution in [2.24, 2.45) is 0 Å². The fraction of sp³-hybridized carbons (Fsp3) is 0.778. The zero-order valence-corrected chi connectivity index (χ0v) is 14.1. The van der Waals surface area contributed by atoms with Crippen LogP contribution in [0.25, 0.3) is 0 Å². The van der Waals surface area contributed by atoms with E-state index in [0.29, 0.717) is 0 Å². The molecule has 23 heavy (non-hydrogen) atoms. The average Bonchev–Trinajstić information content (AvgIpc) is 2.35. The molecule has 1 amide bonds. The minimum Gasteiger partial charge on any atom is -0.451 e. The summed E-state index contributed by atoms with van der Waals surface area (Å²) in [6, 6.07) is 0. The average molecular weight is 379 g/mol. The highest BCUT2D eigenvalue weighted by molar-refractivity contribution is 7.72. The molecule has 0 bridgehead atoms. The number of aliphatic hydroxyl groups is 1. The first kappa shape index (κ1) is 22.2. The van der Waals surface area contributed by atoms with Gasteiger partial charge in [-0.25, -0.2) is 4.79 Å². The number of nitrogens with one attached hydrogen (secondary N) is 1. The van der Waals surface area contributed by atoms with Crippen molar-refractivity contribution < 1.29 is 52.9 Å². The Bertz CT molecular complexity index is 502. The zero-order chi connectivity index (χ0) is 18.5. The summed E-state index contributed by atoms with van der Waals surface area (Å²) in [6.07, 6.45) is -2.40. The molecule has 0 saturated heterocycles. The molecule has 14 heteroatoms. The third-order valence-corrected chi connectivity index (χ3v) is 6.51. The predicted octanol–water partition coefficient (Wildman–Crippen LogP) is -1.93. The highest BCUT2D eigenvalue weighted by atomic mass is 31.2. The number of carbonyl (C=O) groups is 2. The van der Waals surface area contributed by atoms with Gasteiger partial charge >= 0.3 is 21.2 Å². The monoisotopic (exact) mass is 379 g/mol. The number of rotatable bonds is 9. The van der Waals surface area contributed by atoms with Crippen LogP contribution in [0, 0.1) is 0 Å². The lowest BCUT2D eigenvalue weighted by atomic mass is 10.3. The zero-order valence-electron chi connectivity index (χ0n) is 12.3. The molecule has 0 aliphatic carbocycles. The first-order chi connectivity index (χ1) is 10.3. The molecular formula is C9H19NO11P2. The molecule has 0 heterocycles. The molecule has 1 unspecified atom stereocenters. The molecule has 1 atom stereocenters. The van der Waals surface area contributed by atoms with Crippen LogP contribution in [0.1, 0.15) is 13.3 Å². The van der Waals surface area contributed by atoms with Crippen molar-refractivity contribution in [1.29, 1.82) is 0 Å². The largest absolute Gasteiger partial charge is 0.451 e. The van der Waals surface area contributed by atoms with E-state index < -0.39 is 57.8 Å². The Kier molecular flexibility index (Phi) is 8.01. The number of hydrogen-bond acceptors (Lipinski definition) is 7. The molecule has 6 N–H and O–H groups in total. The van der Waals surface area contributed by atoms with Gasteiger partial charge in [-0.2, -0.15) is 0 Å². The number of hydrogen-bond donors (Lipinski definition) is 6. The normalized spacial score (nSPS) is 14.2. The second-order valence-electron chi connectivity index (χ2n) is 4.47. The molecule has 0 fully saturated rings. The molecule has 0 aliphatic heterocycles. The molecular weight excluding hydrogens is 360 g/mol. The van der Waals surface area contributed by atoms with Crippen LogP contribution in [0.2, 0.25) is 0 Å². The predicted molar refractivity (Wildman–Crippen MR) is 74.1 cm³/mol. The Morgan fingerprint density at radius 3 is 2.04 bits per heavy atom. The summed E-state index contributed by atoms with van der Waals surface area (Å²) < 4.78 is 31.3. The van der Waals surface area contributed by atoms with E-state index in [1.165, 1.54) is 14.0 Å². The van der Waals surface area contributed by atoms with Crippen LogP contribution in [0.4, 0.5) is 0 Å². The lowest BCUT2D eigenvalue weighted by molar-refractivity contribution is -0.158. The Morgan fingerprint density at radius 1 is 1.17 bits per heavy atom. The van der Waals surface area contributed by atoms with Crippen molar-refractivity contribution in [2.75, 3.05) is 20.3 Å². The maximum Gasteiger partial charge on any atom is 0.369 e. The van der Waals surface area contributed by atoms with E-state index in [-0.39, 0.29) is 0 Å². The molecule has 0 radical (unpaired) electrons. The molecule has 0 aromatic heterocycles. The van der Waals surface area contributed by atoms with Crippen LogP contribution < -0.4 is 5.32 Å². The first-order valence-electron chi connectivity index (χ1n) is 6.06. The molecule has 0 aliphatic rings. The van der Waals surface area contributed by atoms with E-state index in [1.807, 2.05) is 5.32 Å². The van der Waals surface area contributed by atoms with Gasteiger partial charge in [0, 0.05) is 20.1 Å². The minimum atomic E-state index is -5.59. The Balaban J connectivity index is 4.68. The number of ether oxygens (including phenoxy) is 2. The minimum absolute atomic E-state index is 0.395. The van der Waals surface area contributed by atoms with Gasteiger partial charge < -0.3 is 39.5 Å². The van der Waals surface area contributed by atoms with E-state index in [4.69, 9.17) is 19.6 Å². The van der Waals surface area contributed by atoms with Crippen LogP contribution in [0.3, 0.4) is 0 Å². The molecule has 0 saturated carbocycles. The van der Waals surface area contributed by atoms with Gasteiger partial charge in [-0.15, -0.1) is 0 Å². The Labute approximate surface area is 131 Å². The summed E-state index contributed by atoms with van der Waals surface area (Å²) in [5.74, 6) is -1.73. The smallest absolute Gasteiger partial charge is 0.369 e. The number of carbonyl (C=O) groups excluding carboxylic acids is 2. The second kappa shape index (κ2) is 8.32. The topological polar surface area (TPSA) is 200 Å². The van der Waals surface area contributed by atoms with Crippen molar-refractivity contribution in [3.05, 3.63) is 0 Å². The van der Waals surface area contributed by atoms with E-state index in [1.54, 1.807) is 0 Å². The van der Waals surface area contributed by atoms with Crippen LogP contribution >= 0.6 is 15.2 Å². The molecule has 0 rings (SSSR count). The maximum atomic E-state index is 11.6. The lowest BCUT2D eigenvalue weighted by Crippen LogP contribution is -2.40. The van der Waals surface area contributed by atoms with Crippen molar-refractivity contribution in [2.45, 2.75) is 24.5 Å². The Morgan fingerprint density at radius 2 is 1.65 bits per heavy atom.